The van der Waals surface area contributed by atoms with Crippen molar-refractivity contribution in [3.8, 4) is 5.75 Å². The van der Waals surface area contributed by atoms with E-state index in [1.54, 1.807) is 7.11 Å². The lowest BCUT2D eigenvalue weighted by Crippen LogP contribution is -2.29. The lowest BCUT2D eigenvalue weighted by atomic mass is 10.0. The standard InChI is InChI=1S/C18H30N2O/c1-4-20(5-2)14-6-13-19-18(15-7-8-15)16-9-11-17(21-3)12-10-16/h9-12,15,18-19H,4-8,13-14H2,1-3H3. The van der Waals surface area contributed by atoms with Gasteiger partial charge in [-0.1, -0.05) is 26.0 Å². The maximum Gasteiger partial charge on any atom is 0.118 e. The van der Waals surface area contributed by atoms with Crippen LogP contribution in [0, 0.1) is 5.92 Å². The van der Waals surface area contributed by atoms with Gasteiger partial charge < -0.3 is 15.0 Å². The lowest BCUT2D eigenvalue weighted by Gasteiger charge is -2.21. The number of nitrogens with one attached hydrogen (secondary N) is 1. The molecule has 2 rings (SSSR count). The Bertz CT molecular complexity index is 396. The molecule has 3 heteroatoms. The number of rotatable bonds is 10. The van der Waals surface area contributed by atoms with E-state index in [4.69, 9.17) is 4.74 Å². The van der Waals surface area contributed by atoms with Crippen molar-refractivity contribution in [1.82, 2.24) is 10.2 Å². The van der Waals surface area contributed by atoms with Crippen molar-refractivity contribution in [1.29, 1.82) is 0 Å². The number of methoxy groups -OCH3 is 1. The third kappa shape index (κ3) is 5.01. The van der Waals surface area contributed by atoms with Crippen LogP contribution >= 0.6 is 0 Å². The van der Waals surface area contributed by atoms with E-state index in [9.17, 15) is 0 Å². The summed E-state index contributed by atoms with van der Waals surface area (Å²) in [6.45, 7) is 9.08. The summed E-state index contributed by atoms with van der Waals surface area (Å²) in [5.74, 6) is 1.77. The second-order valence-corrected chi connectivity index (χ2v) is 5.92. The van der Waals surface area contributed by atoms with Crippen LogP contribution < -0.4 is 10.1 Å². The quantitative estimate of drug-likeness (QED) is 0.668. The molecule has 1 saturated carbocycles. The first-order chi connectivity index (χ1) is 10.3. The molecule has 1 aliphatic carbocycles. The van der Waals surface area contributed by atoms with Gasteiger partial charge in [-0.2, -0.15) is 0 Å². The molecule has 0 amide bonds. The average Bonchev–Trinajstić information content (AvgIpc) is 3.36. The fourth-order valence-corrected chi connectivity index (χ4v) is 2.90. The van der Waals surface area contributed by atoms with E-state index in [1.807, 2.05) is 0 Å². The van der Waals surface area contributed by atoms with Crippen LogP contribution in [0.1, 0.15) is 44.7 Å². The molecule has 0 spiro atoms. The monoisotopic (exact) mass is 290 g/mol. The molecule has 0 radical (unpaired) electrons. The Morgan fingerprint density at radius 3 is 2.38 bits per heavy atom. The number of hydrogen-bond acceptors (Lipinski definition) is 3. The summed E-state index contributed by atoms with van der Waals surface area (Å²) in [6, 6.07) is 9.08. The van der Waals surface area contributed by atoms with Crippen LogP contribution in [0.5, 0.6) is 5.75 Å². The van der Waals surface area contributed by atoms with Gasteiger partial charge in [0, 0.05) is 6.04 Å². The molecule has 118 valence electrons. The summed E-state index contributed by atoms with van der Waals surface area (Å²) in [7, 11) is 1.72. The molecular weight excluding hydrogens is 260 g/mol. The molecule has 1 aromatic rings. The Morgan fingerprint density at radius 2 is 1.86 bits per heavy atom. The van der Waals surface area contributed by atoms with Crippen molar-refractivity contribution in [3.63, 3.8) is 0 Å². The van der Waals surface area contributed by atoms with E-state index in [0.717, 1.165) is 31.3 Å². The number of nitrogens with zero attached hydrogens (tertiary/aromatic N) is 1. The number of hydrogen-bond donors (Lipinski definition) is 1. The molecule has 1 aromatic carbocycles. The Balaban J connectivity index is 1.82. The highest BCUT2D eigenvalue weighted by atomic mass is 16.5. The van der Waals surface area contributed by atoms with Gasteiger partial charge in [-0.3, -0.25) is 0 Å². The SMILES string of the molecule is CCN(CC)CCCNC(c1ccc(OC)cc1)C1CC1. The highest BCUT2D eigenvalue weighted by Crippen LogP contribution is 2.41. The van der Waals surface area contributed by atoms with E-state index in [2.05, 4.69) is 48.3 Å². The molecule has 1 unspecified atom stereocenters. The van der Waals surface area contributed by atoms with Crippen molar-refractivity contribution in [2.45, 2.75) is 39.2 Å². The molecule has 0 bridgehead atoms. The van der Waals surface area contributed by atoms with Crippen molar-refractivity contribution in [3.05, 3.63) is 29.8 Å². The Labute approximate surface area is 129 Å². The van der Waals surface area contributed by atoms with E-state index in [0.29, 0.717) is 6.04 Å². The van der Waals surface area contributed by atoms with E-state index >= 15 is 0 Å². The highest BCUT2D eigenvalue weighted by Gasteiger charge is 2.31. The maximum absolute atomic E-state index is 5.25. The predicted molar refractivity (Wildman–Crippen MR) is 88.9 cm³/mol. The second kappa shape index (κ2) is 8.40. The van der Waals surface area contributed by atoms with Crippen molar-refractivity contribution in [2.24, 2.45) is 5.92 Å². The third-order valence-electron chi connectivity index (χ3n) is 4.48. The second-order valence-electron chi connectivity index (χ2n) is 5.92. The summed E-state index contributed by atoms with van der Waals surface area (Å²) in [4.78, 5) is 2.49. The van der Waals surface area contributed by atoms with E-state index in [1.165, 1.54) is 31.4 Å². The summed E-state index contributed by atoms with van der Waals surface area (Å²) in [5, 5.41) is 3.77. The molecule has 1 atom stereocenters. The van der Waals surface area contributed by atoms with Gasteiger partial charge in [0.25, 0.3) is 0 Å². The maximum atomic E-state index is 5.25. The number of ether oxygens (including phenoxy) is 1. The summed E-state index contributed by atoms with van der Waals surface area (Å²) in [6.07, 6.45) is 3.94. The van der Waals surface area contributed by atoms with Crippen molar-refractivity contribution >= 4 is 0 Å². The van der Waals surface area contributed by atoms with Gasteiger partial charge in [-0.25, -0.2) is 0 Å². The Hall–Kier alpha value is -1.06. The lowest BCUT2D eigenvalue weighted by molar-refractivity contribution is 0.294. The molecule has 1 aliphatic rings. The van der Waals surface area contributed by atoms with Crippen LogP contribution in [-0.2, 0) is 0 Å². The van der Waals surface area contributed by atoms with Gasteiger partial charge in [0.15, 0.2) is 0 Å². The van der Waals surface area contributed by atoms with Crippen LogP contribution in [0.2, 0.25) is 0 Å². The zero-order chi connectivity index (χ0) is 15.1. The van der Waals surface area contributed by atoms with Gasteiger partial charge in [0.2, 0.25) is 0 Å². The van der Waals surface area contributed by atoms with Crippen molar-refractivity contribution in [2.75, 3.05) is 33.3 Å². The first-order valence-corrected chi connectivity index (χ1v) is 8.38. The van der Waals surface area contributed by atoms with Crippen molar-refractivity contribution < 1.29 is 4.74 Å². The van der Waals surface area contributed by atoms with Gasteiger partial charge in [0.05, 0.1) is 7.11 Å². The van der Waals surface area contributed by atoms with Gasteiger partial charge >= 0.3 is 0 Å². The first-order valence-electron chi connectivity index (χ1n) is 8.38. The van der Waals surface area contributed by atoms with Gasteiger partial charge in [-0.05, 0) is 69.1 Å². The highest BCUT2D eigenvalue weighted by molar-refractivity contribution is 5.30. The minimum absolute atomic E-state index is 0.521. The van der Waals surface area contributed by atoms with Gasteiger partial charge in [-0.15, -0.1) is 0 Å². The third-order valence-corrected chi connectivity index (χ3v) is 4.48. The fraction of sp³-hybridized carbons (Fsp3) is 0.667. The molecular formula is C18H30N2O. The largest absolute Gasteiger partial charge is 0.497 e. The molecule has 0 aromatic heterocycles. The molecule has 3 nitrogen and oxygen atoms in total. The fourth-order valence-electron chi connectivity index (χ4n) is 2.90. The smallest absolute Gasteiger partial charge is 0.118 e. The molecule has 1 N–H and O–H groups in total. The normalized spacial score (nSPS) is 16.2. The van der Waals surface area contributed by atoms with Crippen LogP contribution in [0.25, 0.3) is 0 Å². The van der Waals surface area contributed by atoms with E-state index < -0.39 is 0 Å². The zero-order valence-electron chi connectivity index (χ0n) is 13.8. The summed E-state index contributed by atoms with van der Waals surface area (Å²) in [5.41, 5.74) is 1.40. The van der Waals surface area contributed by atoms with Crippen LogP contribution in [0.15, 0.2) is 24.3 Å². The molecule has 21 heavy (non-hydrogen) atoms. The topological polar surface area (TPSA) is 24.5 Å². The van der Waals surface area contributed by atoms with Crippen LogP contribution in [0.4, 0.5) is 0 Å². The van der Waals surface area contributed by atoms with Crippen LogP contribution in [0.3, 0.4) is 0 Å². The molecule has 0 aliphatic heterocycles. The minimum Gasteiger partial charge on any atom is -0.497 e. The number of benzene rings is 1. The summed E-state index contributed by atoms with van der Waals surface area (Å²) < 4.78 is 5.25. The Kier molecular flexibility index (Phi) is 6.52. The molecule has 0 heterocycles. The average molecular weight is 290 g/mol. The predicted octanol–water partition coefficient (Wildman–Crippen LogP) is 3.47. The van der Waals surface area contributed by atoms with Gasteiger partial charge in [0.1, 0.15) is 5.75 Å². The Morgan fingerprint density at radius 1 is 1.19 bits per heavy atom. The van der Waals surface area contributed by atoms with Crippen LogP contribution in [-0.4, -0.2) is 38.2 Å². The zero-order valence-corrected chi connectivity index (χ0v) is 13.8. The minimum atomic E-state index is 0.521. The van der Waals surface area contributed by atoms with E-state index in [-0.39, 0.29) is 0 Å². The first kappa shape index (κ1) is 16.3. The molecule has 1 fully saturated rings. The summed E-state index contributed by atoms with van der Waals surface area (Å²) >= 11 is 0. The molecule has 0 saturated heterocycles.